The number of allylic oxidation sites excluding steroid dienone is 2. The number of hydrogen-bond acceptors (Lipinski definition) is 5. The zero-order chi connectivity index (χ0) is 20.6. The van der Waals surface area contributed by atoms with E-state index in [1.54, 1.807) is 13.0 Å². The summed E-state index contributed by atoms with van der Waals surface area (Å²) in [5, 5.41) is 2.63. The minimum atomic E-state index is -3.65. The second kappa shape index (κ2) is 7.48. The van der Waals surface area contributed by atoms with Crippen molar-refractivity contribution in [2.75, 3.05) is 26.0 Å². The second-order valence-electron chi connectivity index (χ2n) is 7.23. The van der Waals surface area contributed by atoms with Gasteiger partial charge >= 0.3 is 0 Å². The van der Waals surface area contributed by atoms with Crippen LogP contribution in [0.25, 0.3) is 0 Å². The Morgan fingerprint density at radius 2 is 1.71 bits per heavy atom. The Balaban J connectivity index is 1.75. The van der Waals surface area contributed by atoms with Crippen molar-refractivity contribution in [2.24, 2.45) is 11.8 Å². The summed E-state index contributed by atoms with van der Waals surface area (Å²) in [6.45, 7) is 1.35. The molecule has 150 valence electrons. The monoisotopic (exact) mass is 405 g/mol. The molecule has 1 aliphatic heterocycles. The predicted octanol–water partition coefficient (Wildman–Crippen LogP) is 1.14. The van der Waals surface area contributed by atoms with Crippen LogP contribution in [0.3, 0.4) is 0 Å². The van der Waals surface area contributed by atoms with E-state index in [4.69, 9.17) is 0 Å². The SMILES string of the molecule is Cc1ccc(S(=O)(=O)N(C)C)cc1NC(=O)CN1C(=O)[C@@H]2CC=CC[C@H]2C1=O. The molecule has 0 spiro atoms. The highest BCUT2D eigenvalue weighted by Gasteiger charge is 2.47. The maximum atomic E-state index is 12.5. The standard InChI is InChI=1S/C19H23N3O5S/c1-12-8-9-13(28(26,27)21(2)3)10-16(12)20-17(23)11-22-18(24)14-6-4-5-7-15(14)19(22)25/h4-5,8-10,14-15H,6-7,11H2,1-3H3,(H,20,23)/t14-,15-/m1/s1. The molecule has 0 saturated carbocycles. The molecule has 3 amide bonds. The Kier molecular flexibility index (Phi) is 5.40. The molecule has 9 heteroatoms. The molecule has 0 bridgehead atoms. The summed E-state index contributed by atoms with van der Waals surface area (Å²) in [4.78, 5) is 38.5. The van der Waals surface area contributed by atoms with Gasteiger partial charge in [-0.25, -0.2) is 12.7 Å². The Bertz CT molecular complexity index is 942. The second-order valence-corrected chi connectivity index (χ2v) is 9.38. The van der Waals surface area contributed by atoms with Crippen LogP contribution in [0.1, 0.15) is 18.4 Å². The lowest BCUT2D eigenvalue weighted by Crippen LogP contribution is -2.38. The molecule has 1 saturated heterocycles. The summed E-state index contributed by atoms with van der Waals surface area (Å²) in [5.41, 5.74) is 0.995. The van der Waals surface area contributed by atoms with Gasteiger partial charge in [-0.05, 0) is 37.5 Å². The van der Waals surface area contributed by atoms with Gasteiger partial charge in [-0.3, -0.25) is 19.3 Å². The van der Waals surface area contributed by atoms with Gasteiger partial charge in [0.05, 0.1) is 16.7 Å². The van der Waals surface area contributed by atoms with Gasteiger partial charge in [0.1, 0.15) is 6.54 Å². The van der Waals surface area contributed by atoms with Crippen molar-refractivity contribution in [1.29, 1.82) is 0 Å². The largest absolute Gasteiger partial charge is 0.324 e. The van der Waals surface area contributed by atoms with E-state index in [2.05, 4.69) is 5.32 Å². The highest BCUT2D eigenvalue weighted by atomic mass is 32.2. The van der Waals surface area contributed by atoms with Crippen molar-refractivity contribution in [3.05, 3.63) is 35.9 Å². The number of rotatable bonds is 5. The van der Waals surface area contributed by atoms with E-state index in [1.165, 1.54) is 26.2 Å². The first-order chi connectivity index (χ1) is 13.1. The molecular weight excluding hydrogens is 382 g/mol. The van der Waals surface area contributed by atoms with Crippen LogP contribution >= 0.6 is 0 Å². The van der Waals surface area contributed by atoms with Crippen molar-refractivity contribution in [3.8, 4) is 0 Å². The number of aryl methyl sites for hydroxylation is 1. The third-order valence-electron chi connectivity index (χ3n) is 5.16. The lowest BCUT2D eigenvalue weighted by molar-refractivity contribution is -0.142. The molecule has 0 unspecified atom stereocenters. The van der Waals surface area contributed by atoms with Gasteiger partial charge in [0.25, 0.3) is 0 Å². The fourth-order valence-electron chi connectivity index (χ4n) is 3.47. The smallest absolute Gasteiger partial charge is 0.244 e. The molecule has 0 radical (unpaired) electrons. The zero-order valence-electron chi connectivity index (χ0n) is 16.0. The number of anilines is 1. The summed E-state index contributed by atoms with van der Waals surface area (Å²) in [5.74, 6) is -1.97. The third kappa shape index (κ3) is 3.59. The molecule has 3 rings (SSSR count). The Morgan fingerprint density at radius 3 is 2.25 bits per heavy atom. The number of nitrogens with one attached hydrogen (secondary N) is 1. The molecule has 0 aromatic heterocycles. The van der Waals surface area contributed by atoms with Crippen molar-refractivity contribution in [2.45, 2.75) is 24.7 Å². The normalized spacial score (nSPS) is 21.9. The van der Waals surface area contributed by atoms with Crippen LogP contribution < -0.4 is 5.32 Å². The molecule has 1 aromatic rings. The molecule has 28 heavy (non-hydrogen) atoms. The van der Waals surface area contributed by atoms with Crippen molar-refractivity contribution in [1.82, 2.24) is 9.21 Å². The third-order valence-corrected chi connectivity index (χ3v) is 6.97. The van der Waals surface area contributed by atoms with Gasteiger partial charge < -0.3 is 5.32 Å². The van der Waals surface area contributed by atoms with Crippen LogP contribution in [-0.4, -0.2) is 56.0 Å². The number of nitrogens with zero attached hydrogens (tertiary/aromatic N) is 2. The van der Waals surface area contributed by atoms with Crippen molar-refractivity contribution < 1.29 is 22.8 Å². The number of imide groups is 1. The Morgan fingerprint density at radius 1 is 1.14 bits per heavy atom. The average molecular weight is 405 g/mol. The first-order valence-corrected chi connectivity index (χ1v) is 10.4. The van der Waals surface area contributed by atoms with Crippen molar-refractivity contribution >= 4 is 33.4 Å². The summed E-state index contributed by atoms with van der Waals surface area (Å²) >= 11 is 0. The zero-order valence-corrected chi connectivity index (χ0v) is 16.8. The minimum absolute atomic E-state index is 0.0452. The molecule has 1 aromatic carbocycles. The van der Waals surface area contributed by atoms with E-state index in [-0.39, 0.29) is 35.1 Å². The topological polar surface area (TPSA) is 104 Å². The van der Waals surface area contributed by atoms with Gasteiger partial charge in [-0.15, -0.1) is 0 Å². The first kappa shape index (κ1) is 20.2. The summed E-state index contributed by atoms with van der Waals surface area (Å²) in [7, 11) is -0.804. The summed E-state index contributed by atoms with van der Waals surface area (Å²) in [6.07, 6.45) is 4.79. The number of likely N-dealkylation sites (tertiary alicyclic amines) is 1. The first-order valence-electron chi connectivity index (χ1n) is 8.96. The number of fused-ring (bicyclic) bond motifs is 1. The maximum Gasteiger partial charge on any atom is 0.244 e. The van der Waals surface area contributed by atoms with E-state index in [1.807, 2.05) is 12.2 Å². The predicted molar refractivity (Wildman–Crippen MR) is 103 cm³/mol. The number of benzene rings is 1. The van der Waals surface area contributed by atoms with Gasteiger partial charge in [-0.2, -0.15) is 0 Å². The summed E-state index contributed by atoms with van der Waals surface area (Å²) in [6, 6.07) is 4.43. The van der Waals surface area contributed by atoms with Crippen molar-refractivity contribution in [3.63, 3.8) is 0 Å². The van der Waals surface area contributed by atoms with Gasteiger partial charge in [-0.1, -0.05) is 18.2 Å². The molecule has 1 heterocycles. The summed E-state index contributed by atoms with van der Waals surface area (Å²) < 4.78 is 25.7. The molecular formula is C19H23N3O5S. The quantitative estimate of drug-likeness (QED) is 0.584. The van der Waals surface area contributed by atoms with Gasteiger partial charge in [0.2, 0.25) is 27.7 Å². The molecule has 2 atom stereocenters. The van der Waals surface area contributed by atoms with E-state index < -0.39 is 15.9 Å². The minimum Gasteiger partial charge on any atom is -0.324 e. The number of carbonyl (C=O) groups is 3. The Labute approximate surface area is 164 Å². The van der Waals surface area contributed by atoms with E-state index in [9.17, 15) is 22.8 Å². The fraction of sp³-hybridized carbons (Fsp3) is 0.421. The molecule has 2 aliphatic rings. The van der Waals surface area contributed by atoms with Crippen LogP contribution in [0.4, 0.5) is 5.69 Å². The van der Waals surface area contributed by atoms with E-state index >= 15 is 0 Å². The van der Waals surface area contributed by atoms with E-state index in [0.29, 0.717) is 24.1 Å². The lowest BCUT2D eigenvalue weighted by Gasteiger charge is -2.17. The molecule has 1 aliphatic carbocycles. The van der Waals surface area contributed by atoms with Crippen LogP contribution in [0.5, 0.6) is 0 Å². The average Bonchev–Trinajstić information content (AvgIpc) is 2.88. The fourth-order valence-corrected chi connectivity index (χ4v) is 4.39. The number of sulfonamides is 1. The van der Waals surface area contributed by atoms with Gasteiger partial charge in [0, 0.05) is 19.8 Å². The number of carbonyl (C=O) groups excluding carboxylic acids is 3. The van der Waals surface area contributed by atoms with Crippen LogP contribution in [-0.2, 0) is 24.4 Å². The highest BCUT2D eigenvalue weighted by molar-refractivity contribution is 7.89. The number of hydrogen-bond donors (Lipinski definition) is 1. The maximum absolute atomic E-state index is 12.5. The van der Waals surface area contributed by atoms with Gasteiger partial charge in [0.15, 0.2) is 0 Å². The van der Waals surface area contributed by atoms with Crippen LogP contribution in [0.2, 0.25) is 0 Å². The van der Waals surface area contributed by atoms with Crippen LogP contribution in [0, 0.1) is 18.8 Å². The molecule has 1 N–H and O–H groups in total. The molecule has 1 fully saturated rings. The van der Waals surface area contributed by atoms with Crippen LogP contribution in [0.15, 0.2) is 35.2 Å². The lowest BCUT2D eigenvalue weighted by atomic mass is 9.85. The Hall–Kier alpha value is -2.52. The number of amides is 3. The molecule has 8 nitrogen and oxygen atoms in total. The highest BCUT2D eigenvalue weighted by Crippen LogP contribution is 2.35. The van der Waals surface area contributed by atoms with E-state index in [0.717, 1.165) is 9.21 Å².